The molecule has 0 radical (unpaired) electrons. The molecule has 108 valence electrons. The van der Waals surface area contributed by atoms with Gasteiger partial charge in [0, 0.05) is 5.39 Å². The number of rotatable bonds is 1. The second kappa shape index (κ2) is 4.85. The summed E-state index contributed by atoms with van der Waals surface area (Å²) in [4.78, 5) is 4.65. The van der Waals surface area contributed by atoms with Crippen LogP contribution in [0.3, 0.4) is 0 Å². The van der Waals surface area contributed by atoms with Crippen molar-refractivity contribution in [1.29, 1.82) is 0 Å². The summed E-state index contributed by atoms with van der Waals surface area (Å²) < 4.78 is 1.91. The van der Waals surface area contributed by atoms with Crippen molar-refractivity contribution in [1.82, 2.24) is 14.8 Å². The highest BCUT2D eigenvalue weighted by atomic mass is 35.5. The summed E-state index contributed by atoms with van der Waals surface area (Å²) in [6.07, 6.45) is 0. The van der Waals surface area contributed by atoms with Crippen LogP contribution in [0.4, 0.5) is 0 Å². The molecule has 0 saturated carbocycles. The predicted molar refractivity (Wildman–Crippen MR) is 87.6 cm³/mol. The van der Waals surface area contributed by atoms with E-state index in [2.05, 4.69) is 42.1 Å². The largest absolute Gasteiger partial charge is 0.232 e. The normalized spacial score (nSPS) is 11.3. The number of halogens is 1. The molecule has 0 aliphatic rings. The van der Waals surface area contributed by atoms with E-state index in [1.807, 2.05) is 25.5 Å². The molecular weight excluding hydrogens is 282 g/mol. The molecule has 2 heterocycles. The quantitative estimate of drug-likeness (QED) is 0.656. The molecule has 4 heteroatoms. The van der Waals surface area contributed by atoms with E-state index >= 15 is 0 Å². The van der Waals surface area contributed by atoms with Gasteiger partial charge in [0.15, 0.2) is 5.65 Å². The van der Waals surface area contributed by atoms with Crippen LogP contribution in [0.5, 0.6) is 0 Å². The van der Waals surface area contributed by atoms with E-state index in [9.17, 15) is 0 Å². The lowest BCUT2D eigenvalue weighted by Gasteiger charge is -2.08. The van der Waals surface area contributed by atoms with Gasteiger partial charge in [-0.25, -0.2) is 9.67 Å². The lowest BCUT2D eigenvalue weighted by atomic mass is 10.1. The Hall–Kier alpha value is -1.87. The minimum atomic E-state index is 0.727. The molecule has 0 unspecified atom stereocenters. The van der Waals surface area contributed by atoms with Gasteiger partial charge >= 0.3 is 0 Å². The maximum absolute atomic E-state index is 6.33. The van der Waals surface area contributed by atoms with Crippen molar-refractivity contribution in [3.05, 3.63) is 51.3 Å². The van der Waals surface area contributed by atoms with Crippen LogP contribution in [0.25, 0.3) is 16.7 Å². The molecule has 0 atom stereocenters. The standard InChI is InChI=1S/C17H18ClN3/c1-9-6-7-14(8-10(9)2)21-17-15(12(4)20-21)11(3)16(18)13(5)19-17/h6-8H,1-5H3. The van der Waals surface area contributed by atoms with Crippen LogP contribution in [-0.2, 0) is 0 Å². The zero-order chi connectivity index (χ0) is 15.3. The van der Waals surface area contributed by atoms with E-state index in [0.29, 0.717) is 0 Å². The number of pyridine rings is 1. The van der Waals surface area contributed by atoms with E-state index in [-0.39, 0.29) is 0 Å². The van der Waals surface area contributed by atoms with Crippen LogP contribution in [0, 0.1) is 34.6 Å². The first-order valence-electron chi connectivity index (χ1n) is 7.00. The Kier molecular flexibility index (Phi) is 3.25. The molecular formula is C17H18ClN3. The van der Waals surface area contributed by atoms with Crippen LogP contribution < -0.4 is 0 Å². The van der Waals surface area contributed by atoms with E-state index in [1.54, 1.807) is 0 Å². The molecule has 2 aromatic heterocycles. The first kappa shape index (κ1) is 14.1. The number of aryl methyl sites for hydroxylation is 5. The van der Waals surface area contributed by atoms with Gasteiger partial charge < -0.3 is 0 Å². The van der Waals surface area contributed by atoms with Crippen molar-refractivity contribution in [3.63, 3.8) is 0 Å². The number of aromatic nitrogens is 3. The van der Waals surface area contributed by atoms with E-state index in [1.165, 1.54) is 11.1 Å². The van der Waals surface area contributed by atoms with Crippen molar-refractivity contribution in [2.75, 3.05) is 0 Å². The second-order valence-electron chi connectivity index (χ2n) is 5.60. The Labute approximate surface area is 129 Å². The maximum atomic E-state index is 6.33. The lowest BCUT2D eigenvalue weighted by molar-refractivity contribution is 0.873. The monoisotopic (exact) mass is 299 g/mol. The van der Waals surface area contributed by atoms with Gasteiger partial charge in [-0.05, 0) is 63.4 Å². The van der Waals surface area contributed by atoms with Gasteiger partial charge in [-0.15, -0.1) is 0 Å². The maximum Gasteiger partial charge on any atom is 0.163 e. The molecule has 21 heavy (non-hydrogen) atoms. The van der Waals surface area contributed by atoms with Crippen LogP contribution in [0.2, 0.25) is 5.02 Å². The summed E-state index contributed by atoms with van der Waals surface area (Å²) in [7, 11) is 0. The molecule has 1 aromatic carbocycles. The number of hydrogen-bond donors (Lipinski definition) is 0. The van der Waals surface area contributed by atoms with Crippen molar-refractivity contribution in [3.8, 4) is 5.69 Å². The van der Waals surface area contributed by atoms with E-state index in [0.717, 1.165) is 38.7 Å². The molecule has 0 amide bonds. The van der Waals surface area contributed by atoms with Gasteiger partial charge in [-0.3, -0.25) is 0 Å². The fraction of sp³-hybridized carbons (Fsp3) is 0.294. The molecule has 3 rings (SSSR count). The van der Waals surface area contributed by atoms with E-state index < -0.39 is 0 Å². The van der Waals surface area contributed by atoms with Gasteiger partial charge in [0.05, 0.1) is 22.1 Å². The van der Waals surface area contributed by atoms with Crippen molar-refractivity contribution in [2.45, 2.75) is 34.6 Å². The smallest absolute Gasteiger partial charge is 0.163 e. The van der Waals surface area contributed by atoms with Gasteiger partial charge in [0.2, 0.25) is 0 Å². The lowest BCUT2D eigenvalue weighted by Crippen LogP contribution is -2.00. The van der Waals surface area contributed by atoms with Gasteiger partial charge in [0.25, 0.3) is 0 Å². The highest BCUT2D eigenvalue weighted by Crippen LogP contribution is 2.30. The minimum Gasteiger partial charge on any atom is -0.232 e. The number of benzene rings is 1. The average molecular weight is 300 g/mol. The van der Waals surface area contributed by atoms with Gasteiger partial charge in [-0.1, -0.05) is 17.7 Å². The Morgan fingerprint density at radius 1 is 0.952 bits per heavy atom. The summed E-state index contributed by atoms with van der Waals surface area (Å²) in [5, 5.41) is 6.44. The van der Waals surface area contributed by atoms with Crippen LogP contribution >= 0.6 is 11.6 Å². The summed E-state index contributed by atoms with van der Waals surface area (Å²) >= 11 is 6.33. The zero-order valence-corrected chi connectivity index (χ0v) is 13.7. The number of fused-ring (bicyclic) bond motifs is 1. The molecule has 3 aromatic rings. The molecule has 3 nitrogen and oxygen atoms in total. The summed E-state index contributed by atoms with van der Waals surface area (Å²) in [5.74, 6) is 0. The average Bonchev–Trinajstić information content (AvgIpc) is 2.76. The Bertz CT molecular complexity index is 862. The van der Waals surface area contributed by atoms with Gasteiger partial charge in [-0.2, -0.15) is 5.10 Å². The first-order chi connectivity index (χ1) is 9.90. The van der Waals surface area contributed by atoms with Crippen molar-refractivity contribution < 1.29 is 0 Å². The fourth-order valence-corrected chi connectivity index (χ4v) is 2.82. The second-order valence-corrected chi connectivity index (χ2v) is 5.98. The molecule has 0 bridgehead atoms. The third-order valence-electron chi connectivity index (χ3n) is 4.07. The molecule has 0 N–H and O–H groups in total. The first-order valence-corrected chi connectivity index (χ1v) is 7.37. The van der Waals surface area contributed by atoms with Crippen LogP contribution in [-0.4, -0.2) is 14.8 Å². The Morgan fingerprint density at radius 2 is 1.67 bits per heavy atom. The molecule has 0 spiro atoms. The summed E-state index contributed by atoms with van der Waals surface area (Å²) in [6, 6.07) is 6.33. The Balaban J connectivity index is 2.36. The number of hydrogen-bond acceptors (Lipinski definition) is 2. The Morgan fingerprint density at radius 3 is 2.33 bits per heavy atom. The third kappa shape index (κ3) is 2.12. The molecule has 0 fully saturated rings. The predicted octanol–water partition coefficient (Wildman–Crippen LogP) is 4.62. The third-order valence-corrected chi connectivity index (χ3v) is 4.62. The molecule has 0 aliphatic heterocycles. The van der Waals surface area contributed by atoms with Crippen LogP contribution in [0.1, 0.15) is 28.1 Å². The number of nitrogens with zero attached hydrogens (tertiary/aromatic N) is 3. The molecule has 0 aliphatic carbocycles. The summed E-state index contributed by atoms with van der Waals surface area (Å²) in [6.45, 7) is 10.2. The van der Waals surface area contributed by atoms with E-state index in [4.69, 9.17) is 11.6 Å². The zero-order valence-electron chi connectivity index (χ0n) is 13.0. The highest BCUT2D eigenvalue weighted by Gasteiger charge is 2.16. The SMILES string of the molecule is Cc1ccc(-n2nc(C)c3c(C)c(Cl)c(C)nc32)cc1C. The topological polar surface area (TPSA) is 30.7 Å². The molecule has 0 saturated heterocycles. The van der Waals surface area contributed by atoms with Crippen LogP contribution in [0.15, 0.2) is 18.2 Å². The van der Waals surface area contributed by atoms with Crippen molar-refractivity contribution >= 4 is 22.6 Å². The minimum absolute atomic E-state index is 0.727. The van der Waals surface area contributed by atoms with Crippen molar-refractivity contribution in [2.24, 2.45) is 0 Å². The summed E-state index contributed by atoms with van der Waals surface area (Å²) in [5.41, 5.74) is 7.26. The highest BCUT2D eigenvalue weighted by molar-refractivity contribution is 6.32. The fourth-order valence-electron chi connectivity index (χ4n) is 2.68. The van der Waals surface area contributed by atoms with Gasteiger partial charge in [0.1, 0.15) is 0 Å².